The summed E-state index contributed by atoms with van der Waals surface area (Å²) in [4.78, 5) is 0. The van der Waals surface area contributed by atoms with Crippen molar-refractivity contribution in [1.82, 2.24) is 0 Å². The SMILES string of the molecule is Cc1cc(C)cc(CNc2ccccc2OC(F)(F)F)c1. The highest BCUT2D eigenvalue weighted by Crippen LogP contribution is 2.30. The molecule has 112 valence electrons. The molecule has 1 N–H and O–H groups in total. The van der Waals surface area contributed by atoms with E-state index in [1.165, 1.54) is 12.1 Å². The molecule has 2 rings (SSSR count). The number of halogens is 3. The number of hydrogen-bond donors (Lipinski definition) is 1. The zero-order valence-corrected chi connectivity index (χ0v) is 11.8. The second kappa shape index (κ2) is 6.08. The van der Waals surface area contributed by atoms with Crippen molar-refractivity contribution in [2.24, 2.45) is 0 Å². The number of benzene rings is 2. The summed E-state index contributed by atoms with van der Waals surface area (Å²) in [6.07, 6.45) is -4.70. The normalized spacial score (nSPS) is 11.3. The maximum atomic E-state index is 12.3. The van der Waals surface area contributed by atoms with Crippen LogP contribution in [0.2, 0.25) is 0 Å². The number of para-hydroxylation sites is 2. The number of aryl methyl sites for hydroxylation is 2. The first-order chi connectivity index (χ1) is 9.83. The number of alkyl halides is 3. The average Bonchev–Trinajstić information content (AvgIpc) is 2.35. The smallest absolute Gasteiger partial charge is 0.404 e. The fraction of sp³-hybridized carbons (Fsp3) is 0.250. The molecule has 0 aliphatic carbocycles. The molecule has 0 radical (unpaired) electrons. The van der Waals surface area contributed by atoms with Crippen LogP contribution in [0.4, 0.5) is 18.9 Å². The summed E-state index contributed by atoms with van der Waals surface area (Å²) in [5.41, 5.74) is 3.56. The third-order valence-electron chi connectivity index (χ3n) is 2.88. The van der Waals surface area contributed by atoms with Gasteiger partial charge in [-0.15, -0.1) is 13.2 Å². The van der Waals surface area contributed by atoms with Gasteiger partial charge in [-0.3, -0.25) is 0 Å². The van der Waals surface area contributed by atoms with Crippen molar-refractivity contribution in [3.8, 4) is 5.75 Å². The van der Waals surface area contributed by atoms with Gasteiger partial charge in [-0.05, 0) is 31.5 Å². The largest absolute Gasteiger partial charge is 0.573 e. The minimum atomic E-state index is -4.70. The molecule has 0 bridgehead atoms. The first-order valence-electron chi connectivity index (χ1n) is 6.49. The number of nitrogens with one attached hydrogen (secondary N) is 1. The number of anilines is 1. The Morgan fingerprint density at radius 2 is 1.62 bits per heavy atom. The van der Waals surface area contributed by atoms with E-state index in [9.17, 15) is 13.2 Å². The van der Waals surface area contributed by atoms with E-state index in [0.29, 0.717) is 12.2 Å². The molecule has 0 fully saturated rings. The number of rotatable bonds is 4. The molecule has 2 aromatic rings. The minimum absolute atomic E-state index is 0.227. The van der Waals surface area contributed by atoms with E-state index in [1.54, 1.807) is 12.1 Å². The van der Waals surface area contributed by atoms with Crippen LogP contribution in [0.25, 0.3) is 0 Å². The van der Waals surface area contributed by atoms with Gasteiger partial charge in [-0.25, -0.2) is 0 Å². The highest BCUT2D eigenvalue weighted by molar-refractivity contribution is 5.56. The molecule has 0 aliphatic rings. The van der Waals surface area contributed by atoms with E-state index in [4.69, 9.17) is 0 Å². The lowest BCUT2D eigenvalue weighted by Crippen LogP contribution is -2.18. The summed E-state index contributed by atoms with van der Waals surface area (Å²) in [5, 5.41) is 2.98. The lowest BCUT2D eigenvalue weighted by Gasteiger charge is -2.15. The van der Waals surface area contributed by atoms with Gasteiger partial charge in [0.25, 0.3) is 0 Å². The van der Waals surface area contributed by atoms with Gasteiger partial charge >= 0.3 is 6.36 Å². The fourth-order valence-electron chi connectivity index (χ4n) is 2.19. The van der Waals surface area contributed by atoms with Gasteiger partial charge in [0, 0.05) is 6.54 Å². The number of ether oxygens (including phenoxy) is 1. The van der Waals surface area contributed by atoms with Crippen LogP contribution in [-0.2, 0) is 6.54 Å². The summed E-state index contributed by atoms with van der Waals surface area (Å²) in [7, 11) is 0. The van der Waals surface area contributed by atoms with Crippen molar-refractivity contribution in [1.29, 1.82) is 0 Å². The first kappa shape index (κ1) is 15.2. The molecule has 0 amide bonds. The quantitative estimate of drug-likeness (QED) is 0.873. The van der Waals surface area contributed by atoms with Crippen LogP contribution in [0, 0.1) is 13.8 Å². The second-order valence-corrected chi connectivity index (χ2v) is 4.89. The van der Waals surface area contributed by atoms with Crippen LogP contribution in [0.1, 0.15) is 16.7 Å². The molecule has 2 aromatic carbocycles. The van der Waals surface area contributed by atoms with Crippen LogP contribution in [0.15, 0.2) is 42.5 Å². The van der Waals surface area contributed by atoms with Crippen molar-refractivity contribution in [2.45, 2.75) is 26.8 Å². The molecular weight excluding hydrogens is 279 g/mol. The maximum absolute atomic E-state index is 12.3. The first-order valence-corrected chi connectivity index (χ1v) is 6.49. The summed E-state index contributed by atoms with van der Waals surface area (Å²) in [6.45, 7) is 4.40. The van der Waals surface area contributed by atoms with Gasteiger partial charge in [-0.2, -0.15) is 0 Å². The van der Waals surface area contributed by atoms with Crippen LogP contribution in [0.5, 0.6) is 5.75 Å². The predicted molar refractivity (Wildman–Crippen MR) is 76.4 cm³/mol. The van der Waals surface area contributed by atoms with Gasteiger partial charge in [0.2, 0.25) is 0 Å². The Balaban J connectivity index is 2.13. The monoisotopic (exact) mass is 295 g/mol. The zero-order chi connectivity index (χ0) is 15.5. The molecule has 5 heteroatoms. The Morgan fingerprint density at radius 1 is 1.00 bits per heavy atom. The van der Waals surface area contributed by atoms with Gasteiger partial charge in [-0.1, -0.05) is 41.5 Å². The van der Waals surface area contributed by atoms with E-state index in [-0.39, 0.29) is 5.75 Å². The Bertz CT molecular complexity index is 603. The van der Waals surface area contributed by atoms with E-state index in [0.717, 1.165) is 16.7 Å². The summed E-state index contributed by atoms with van der Waals surface area (Å²) >= 11 is 0. The molecule has 0 saturated carbocycles. The Morgan fingerprint density at radius 3 is 2.24 bits per heavy atom. The summed E-state index contributed by atoms with van der Waals surface area (Å²) < 4.78 is 41.0. The molecule has 0 spiro atoms. The molecule has 21 heavy (non-hydrogen) atoms. The number of hydrogen-bond acceptors (Lipinski definition) is 2. The van der Waals surface area contributed by atoms with Crippen LogP contribution in [-0.4, -0.2) is 6.36 Å². The van der Waals surface area contributed by atoms with E-state index >= 15 is 0 Å². The molecule has 0 atom stereocenters. The van der Waals surface area contributed by atoms with E-state index in [1.807, 2.05) is 32.0 Å². The summed E-state index contributed by atoms with van der Waals surface area (Å²) in [5.74, 6) is -0.227. The molecule has 0 aromatic heterocycles. The third-order valence-corrected chi connectivity index (χ3v) is 2.88. The lowest BCUT2D eigenvalue weighted by atomic mass is 10.1. The van der Waals surface area contributed by atoms with Crippen LogP contribution in [0.3, 0.4) is 0 Å². The molecule has 0 heterocycles. The minimum Gasteiger partial charge on any atom is -0.404 e. The topological polar surface area (TPSA) is 21.3 Å². The predicted octanol–water partition coefficient (Wildman–Crippen LogP) is 4.81. The molecule has 0 saturated heterocycles. The van der Waals surface area contributed by atoms with Crippen molar-refractivity contribution in [3.63, 3.8) is 0 Å². The van der Waals surface area contributed by atoms with E-state index < -0.39 is 6.36 Å². The average molecular weight is 295 g/mol. The zero-order valence-electron chi connectivity index (χ0n) is 11.8. The molecule has 0 unspecified atom stereocenters. The van der Waals surface area contributed by atoms with Crippen LogP contribution >= 0.6 is 0 Å². The van der Waals surface area contributed by atoms with Crippen molar-refractivity contribution >= 4 is 5.69 Å². The van der Waals surface area contributed by atoms with Crippen molar-refractivity contribution in [2.75, 3.05) is 5.32 Å². The highest BCUT2D eigenvalue weighted by Gasteiger charge is 2.32. The van der Waals surface area contributed by atoms with Gasteiger partial charge in [0.15, 0.2) is 5.75 Å². The van der Waals surface area contributed by atoms with Gasteiger partial charge < -0.3 is 10.1 Å². The highest BCUT2D eigenvalue weighted by atomic mass is 19.4. The molecule has 0 aliphatic heterocycles. The van der Waals surface area contributed by atoms with Gasteiger partial charge in [0.1, 0.15) is 0 Å². The Labute approximate surface area is 121 Å². The third kappa shape index (κ3) is 4.70. The van der Waals surface area contributed by atoms with Crippen molar-refractivity contribution < 1.29 is 17.9 Å². The molecular formula is C16H16F3NO. The van der Waals surface area contributed by atoms with Crippen LogP contribution < -0.4 is 10.1 Å². The second-order valence-electron chi connectivity index (χ2n) is 4.89. The standard InChI is InChI=1S/C16H16F3NO/c1-11-7-12(2)9-13(8-11)10-20-14-5-3-4-6-15(14)21-16(17,18)19/h3-9,20H,10H2,1-2H3. The van der Waals surface area contributed by atoms with Crippen molar-refractivity contribution in [3.05, 3.63) is 59.2 Å². The lowest BCUT2D eigenvalue weighted by molar-refractivity contribution is -0.274. The Hall–Kier alpha value is -2.17. The summed E-state index contributed by atoms with van der Waals surface area (Å²) in [6, 6.07) is 12.0. The van der Waals surface area contributed by atoms with E-state index in [2.05, 4.69) is 10.1 Å². The Kier molecular flexibility index (Phi) is 4.40. The van der Waals surface area contributed by atoms with Gasteiger partial charge in [0.05, 0.1) is 5.69 Å². The molecule has 2 nitrogen and oxygen atoms in total. The fourth-order valence-corrected chi connectivity index (χ4v) is 2.19. The maximum Gasteiger partial charge on any atom is 0.573 e.